The Bertz CT molecular complexity index is 1050. The van der Waals surface area contributed by atoms with E-state index >= 15 is 0 Å². The van der Waals surface area contributed by atoms with Gasteiger partial charge in [0, 0.05) is 31.6 Å². The van der Waals surface area contributed by atoms with Crippen LogP contribution in [0.2, 0.25) is 0 Å². The summed E-state index contributed by atoms with van der Waals surface area (Å²) in [5.74, 6) is 0.961. The van der Waals surface area contributed by atoms with Crippen molar-refractivity contribution in [3.8, 4) is 0 Å². The second-order valence-electron chi connectivity index (χ2n) is 7.41. The first kappa shape index (κ1) is 17.2. The zero-order chi connectivity index (χ0) is 18.9. The molecule has 1 N–H and O–H groups in total. The third-order valence-corrected chi connectivity index (χ3v) is 5.65. The van der Waals surface area contributed by atoms with Crippen LogP contribution < -0.4 is 5.32 Å². The Morgan fingerprint density at radius 3 is 2.79 bits per heavy atom. The van der Waals surface area contributed by atoms with Crippen LogP contribution >= 0.6 is 0 Å². The van der Waals surface area contributed by atoms with Crippen molar-refractivity contribution in [3.05, 3.63) is 65.2 Å². The number of furan rings is 1. The van der Waals surface area contributed by atoms with Gasteiger partial charge in [0.25, 0.3) is 5.91 Å². The van der Waals surface area contributed by atoms with Crippen LogP contribution in [0.3, 0.4) is 0 Å². The fourth-order valence-electron chi connectivity index (χ4n) is 4.29. The first-order chi connectivity index (χ1) is 13.8. The lowest BCUT2D eigenvalue weighted by Gasteiger charge is -2.30. The third-order valence-electron chi connectivity index (χ3n) is 5.65. The smallest absolute Gasteiger partial charge is 0.254 e. The van der Waals surface area contributed by atoms with E-state index in [1.165, 1.54) is 0 Å². The van der Waals surface area contributed by atoms with Crippen molar-refractivity contribution in [1.29, 1.82) is 0 Å². The minimum absolute atomic E-state index is 0.135. The van der Waals surface area contributed by atoms with E-state index in [4.69, 9.17) is 9.40 Å². The normalized spacial score (nSPS) is 18.4. The number of amides is 1. The Morgan fingerprint density at radius 1 is 1.11 bits per heavy atom. The van der Waals surface area contributed by atoms with E-state index in [0.29, 0.717) is 0 Å². The van der Waals surface area contributed by atoms with Crippen LogP contribution in [0.5, 0.6) is 0 Å². The first-order valence-corrected chi connectivity index (χ1v) is 9.97. The molecule has 0 atom stereocenters. The van der Waals surface area contributed by atoms with Crippen LogP contribution in [-0.2, 0) is 6.42 Å². The van der Waals surface area contributed by atoms with E-state index in [0.717, 1.165) is 84.5 Å². The molecule has 3 heterocycles. The Balaban J connectivity index is 1.70. The lowest BCUT2D eigenvalue weighted by Crippen LogP contribution is -2.46. The minimum atomic E-state index is 0.135. The number of allylic oxidation sites excluding steroid dienone is 1. The lowest BCUT2D eigenvalue weighted by molar-refractivity contribution is 0.0736. The van der Waals surface area contributed by atoms with Gasteiger partial charge in [-0.3, -0.25) is 4.79 Å². The standard InChI is InChI=1S/C23H23N3O2/c27-23(26-12-10-24-11-13-26)21-18-7-1-2-9-20(18)25-22-16(5-3-8-19(21)22)15-17-6-4-14-28-17/h1-2,4,6-7,9,14-15,24H,3,5,8,10-13H2/b16-15-. The van der Waals surface area contributed by atoms with Crippen molar-refractivity contribution < 1.29 is 9.21 Å². The highest BCUT2D eigenvalue weighted by atomic mass is 16.3. The summed E-state index contributed by atoms with van der Waals surface area (Å²) in [6.45, 7) is 3.19. The van der Waals surface area contributed by atoms with E-state index in [9.17, 15) is 4.79 Å². The molecule has 1 fully saturated rings. The fraction of sp³-hybridized carbons (Fsp3) is 0.304. The van der Waals surface area contributed by atoms with Crippen LogP contribution in [0.1, 0.15) is 40.2 Å². The van der Waals surface area contributed by atoms with E-state index in [1.807, 2.05) is 41.3 Å². The van der Waals surface area contributed by atoms with Crippen molar-refractivity contribution in [1.82, 2.24) is 15.2 Å². The monoisotopic (exact) mass is 373 g/mol. The summed E-state index contributed by atoms with van der Waals surface area (Å²) in [7, 11) is 0. The highest BCUT2D eigenvalue weighted by Crippen LogP contribution is 2.36. The summed E-state index contributed by atoms with van der Waals surface area (Å²) in [6, 6.07) is 11.9. The number of piperazine rings is 1. The molecule has 0 spiro atoms. The van der Waals surface area contributed by atoms with E-state index < -0.39 is 0 Å². The third kappa shape index (κ3) is 3.02. The van der Waals surface area contributed by atoms with Gasteiger partial charge in [-0.05, 0) is 54.7 Å². The predicted molar refractivity (Wildman–Crippen MR) is 110 cm³/mol. The molecule has 1 aliphatic heterocycles. The topological polar surface area (TPSA) is 58.4 Å². The molecule has 0 unspecified atom stereocenters. The van der Waals surface area contributed by atoms with Gasteiger partial charge in [-0.25, -0.2) is 4.98 Å². The summed E-state index contributed by atoms with van der Waals surface area (Å²) >= 11 is 0. The largest absolute Gasteiger partial charge is 0.465 e. The van der Waals surface area contributed by atoms with Gasteiger partial charge in [0.2, 0.25) is 0 Å². The van der Waals surface area contributed by atoms with Crippen LogP contribution in [0.4, 0.5) is 0 Å². The van der Waals surface area contributed by atoms with Crippen LogP contribution in [0.15, 0.2) is 47.1 Å². The fourth-order valence-corrected chi connectivity index (χ4v) is 4.29. The summed E-state index contributed by atoms with van der Waals surface area (Å²) in [5, 5.41) is 4.29. The molecule has 142 valence electrons. The molecule has 5 nitrogen and oxygen atoms in total. The quantitative estimate of drug-likeness (QED) is 0.743. The molecule has 1 saturated heterocycles. The van der Waals surface area contributed by atoms with Crippen molar-refractivity contribution in [3.63, 3.8) is 0 Å². The molecule has 5 rings (SSSR count). The van der Waals surface area contributed by atoms with Gasteiger partial charge in [0.05, 0.1) is 23.0 Å². The van der Waals surface area contributed by atoms with E-state index in [2.05, 4.69) is 11.4 Å². The first-order valence-electron chi connectivity index (χ1n) is 9.97. The zero-order valence-electron chi connectivity index (χ0n) is 15.8. The molecule has 0 bridgehead atoms. The summed E-state index contributed by atoms with van der Waals surface area (Å²) in [4.78, 5) is 20.5. The van der Waals surface area contributed by atoms with Crippen molar-refractivity contribution in [2.45, 2.75) is 19.3 Å². The summed E-state index contributed by atoms with van der Waals surface area (Å²) in [6.07, 6.45) is 6.60. The molecule has 5 heteroatoms. The molecule has 1 aromatic carbocycles. The number of para-hydroxylation sites is 1. The lowest BCUT2D eigenvalue weighted by atomic mass is 9.86. The van der Waals surface area contributed by atoms with Crippen LogP contribution in [-0.4, -0.2) is 42.0 Å². The number of pyridine rings is 1. The Kier molecular flexibility index (Phi) is 4.45. The van der Waals surface area contributed by atoms with Crippen molar-refractivity contribution in [2.75, 3.05) is 26.2 Å². The van der Waals surface area contributed by atoms with Gasteiger partial charge in [0.15, 0.2) is 0 Å². The molecule has 28 heavy (non-hydrogen) atoms. The second-order valence-corrected chi connectivity index (χ2v) is 7.41. The molecular formula is C23H23N3O2. The molecule has 3 aromatic rings. The molecule has 2 aromatic heterocycles. The Hall–Kier alpha value is -2.92. The van der Waals surface area contributed by atoms with E-state index in [-0.39, 0.29) is 5.91 Å². The van der Waals surface area contributed by atoms with E-state index in [1.54, 1.807) is 6.26 Å². The Labute approximate surface area is 164 Å². The maximum atomic E-state index is 13.5. The molecule has 1 amide bonds. The van der Waals surface area contributed by atoms with Gasteiger partial charge in [-0.15, -0.1) is 0 Å². The summed E-state index contributed by atoms with van der Waals surface area (Å²) < 4.78 is 5.53. The SMILES string of the molecule is O=C(c1c2c(nc3ccccc13)/C(=C\c1ccco1)CCC2)N1CCNCC1. The highest BCUT2D eigenvalue weighted by Gasteiger charge is 2.28. The van der Waals surface area contributed by atoms with Crippen LogP contribution in [0, 0.1) is 0 Å². The Morgan fingerprint density at radius 2 is 1.96 bits per heavy atom. The second kappa shape index (κ2) is 7.24. The predicted octanol–water partition coefficient (Wildman–Crippen LogP) is 3.75. The maximum Gasteiger partial charge on any atom is 0.254 e. The number of hydrogen-bond donors (Lipinski definition) is 1. The number of fused-ring (bicyclic) bond motifs is 2. The number of benzene rings is 1. The van der Waals surface area contributed by atoms with Gasteiger partial charge < -0.3 is 14.6 Å². The highest BCUT2D eigenvalue weighted by molar-refractivity contribution is 6.09. The van der Waals surface area contributed by atoms with Crippen molar-refractivity contribution >= 4 is 28.5 Å². The maximum absolute atomic E-state index is 13.5. The average molecular weight is 373 g/mol. The molecule has 0 saturated carbocycles. The number of carbonyl (C=O) groups is 1. The molecule has 2 aliphatic rings. The molecule has 1 aliphatic carbocycles. The van der Waals surface area contributed by atoms with Gasteiger partial charge in [0.1, 0.15) is 5.76 Å². The zero-order valence-corrected chi connectivity index (χ0v) is 15.8. The number of hydrogen-bond acceptors (Lipinski definition) is 4. The van der Waals surface area contributed by atoms with Gasteiger partial charge in [-0.1, -0.05) is 18.2 Å². The van der Waals surface area contributed by atoms with Gasteiger partial charge in [-0.2, -0.15) is 0 Å². The molecule has 0 radical (unpaired) electrons. The molecular weight excluding hydrogens is 350 g/mol. The number of nitrogens with zero attached hydrogens (tertiary/aromatic N) is 2. The number of rotatable bonds is 2. The minimum Gasteiger partial charge on any atom is -0.465 e. The van der Waals surface area contributed by atoms with Gasteiger partial charge >= 0.3 is 0 Å². The van der Waals surface area contributed by atoms with Crippen LogP contribution in [0.25, 0.3) is 22.6 Å². The number of carbonyl (C=O) groups excluding carboxylic acids is 1. The number of nitrogens with one attached hydrogen (secondary N) is 1. The average Bonchev–Trinajstić information content (AvgIpc) is 3.26. The number of aromatic nitrogens is 1. The summed E-state index contributed by atoms with van der Waals surface area (Å²) in [5.41, 5.74) is 4.92. The van der Waals surface area contributed by atoms with Crippen molar-refractivity contribution in [2.24, 2.45) is 0 Å².